The molecule has 0 spiro atoms. The summed E-state index contributed by atoms with van der Waals surface area (Å²) in [7, 11) is -3.77. The molecule has 0 aliphatic carbocycles. The Kier molecular flexibility index (Phi) is 7.14. The summed E-state index contributed by atoms with van der Waals surface area (Å²) in [5.41, 5.74) is 2.21. The van der Waals surface area contributed by atoms with Crippen LogP contribution in [-0.4, -0.2) is 38.7 Å². The van der Waals surface area contributed by atoms with Crippen molar-refractivity contribution in [2.45, 2.75) is 31.4 Å². The molecule has 9 heteroatoms. The van der Waals surface area contributed by atoms with Gasteiger partial charge >= 0.3 is 0 Å². The highest BCUT2D eigenvalue weighted by Crippen LogP contribution is 2.29. The molecule has 0 aromatic heterocycles. The monoisotopic (exact) mass is 434 g/mol. The summed E-state index contributed by atoms with van der Waals surface area (Å²) in [6.07, 6.45) is 0.218. The van der Waals surface area contributed by atoms with E-state index in [4.69, 9.17) is 0 Å². The van der Waals surface area contributed by atoms with Crippen LogP contribution in [0, 0.1) is 5.82 Å². The molecule has 1 aliphatic rings. The molecule has 1 heterocycles. The molecule has 1 saturated heterocycles. The Balaban J connectivity index is 0.00000280. The number of benzene rings is 2. The highest BCUT2D eigenvalue weighted by Gasteiger charge is 2.51. The summed E-state index contributed by atoms with van der Waals surface area (Å²) in [5.74, 6) is -3.79. The van der Waals surface area contributed by atoms with Crippen molar-refractivity contribution in [3.63, 3.8) is 0 Å². The van der Waals surface area contributed by atoms with Crippen LogP contribution in [0.25, 0.3) is 11.1 Å². The standard InChI is InChI=1S/C19H21F3N2O2S.ClH/c1-2-27(25,26)24-18-17(23-12-19(18,21)22)10-13-5-3-6-14(9-13)15-7-4-8-16(20)11-15;/h3-9,11,17-18,23-24H,2,10,12H2,1H3;1H/t17-,18+;/m0./s1. The highest BCUT2D eigenvalue weighted by atomic mass is 35.5. The zero-order valence-corrected chi connectivity index (χ0v) is 16.8. The predicted molar refractivity (Wildman–Crippen MR) is 106 cm³/mol. The van der Waals surface area contributed by atoms with Gasteiger partial charge in [0.1, 0.15) is 11.9 Å². The molecule has 2 aromatic rings. The average Bonchev–Trinajstić information content (AvgIpc) is 2.89. The van der Waals surface area contributed by atoms with Crippen LogP contribution in [0.4, 0.5) is 13.2 Å². The van der Waals surface area contributed by atoms with Crippen molar-refractivity contribution in [1.29, 1.82) is 0 Å². The van der Waals surface area contributed by atoms with Gasteiger partial charge in [0.15, 0.2) is 0 Å². The van der Waals surface area contributed by atoms with Crippen LogP contribution in [0.1, 0.15) is 12.5 Å². The first-order valence-electron chi connectivity index (χ1n) is 8.66. The van der Waals surface area contributed by atoms with E-state index in [0.717, 1.165) is 11.1 Å². The molecule has 1 fully saturated rings. The van der Waals surface area contributed by atoms with Crippen molar-refractivity contribution in [3.8, 4) is 11.1 Å². The SMILES string of the molecule is CCS(=O)(=O)N[C@@H]1[C@H](Cc2cccc(-c3cccc(F)c3)c2)NCC1(F)F.Cl. The van der Waals surface area contributed by atoms with Gasteiger partial charge in [-0.15, -0.1) is 12.4 Å². The first kappa shape index (κ1) is 22.7. The van der Waals surface area contributed by atoms with Gasteiger partial charge in [0.05, 0.1) is 12.3 Å². The van der Waals surface area contributed by atoms with Gasteiger partial charge in [-0.05, 0) is 42.2 Å². The zero-order chi connectivity index (χ0) is 19.7. The lowest BCUT2D eigenvalue weighted by Crippen LogP contribution is -2.51. The second kappa shape index (κ2) is 8.82. The van der Waals surface area contributed by atoms with Crippen LogP contribution in [0.3, 0.4) is 0 Å². The molecule has 0 unspecified atom stereocenters. The molecule has 3 rings (SSSR count). The Labute approximate surface area is 169 Å². The van der Waals surface area contributed by atoms with E-state index in [2.05, 4.69) is 10.0 Å². The second-order valence-electron chi connectivity index (χ2n) is 6.66. The number of hydrogen-bond acceptors (Lipinski definition) is 3. The summed E-state index contributed by atoms with van der Waals surface area (Å²) >= 11 is 0. The Morgan fingerprint density at radius 1 is 1.14 bits per heavy atom. The van der Waals surface area contributed by atoms with Crippen molar-refractivity contribution >= 4 is 22.4 Å². The summed E-state index contributed by atoms with van der Waals surface area (Å²) in [6.45, 7) is 0.818. The minimum absolute atomic E-state index is 0. The second-order valence-corrected chi connectivity index (χ2v) is 8.70. The van der Waals surface area contributed by atoms with Crippen LogP contribution >= 0.6 is 12.4 Å². The Morgan fingerprint density at radius 3 is 2.43 bits per heavy atom. The van der Waals surface area contributed by atoms with Gasteiger partial charge in [0.25, 0.3) is 5.92 Å². The van der Waals surface area contributed by atoms with Gasteiger partial charge in [-0.2, -0.15) is 0 Å². The van der Waals surface area contributed by atoms with Crippen LogP contribution in [0.5, 0.6) is 0 Å². The van der Waals surface area contributed by atoms with Crippen LogP contribution < -0.4 is 10.0 Å². The molecule has 2 atom stereocenters. The lowest BCUT2D eigenvalue weighted by molar-refractivity contribution is -0.000847. The summed E-state index contributed by atoms with van der Waals surface area (Å²) in [5, 5.41) is 2.72. The summed E-state index contributed by atoms with van der Waals surface area (Å²) in [6, 6.07) is 11.0. The zero-order valence-electron chi connectivity index (χ0n) is 15.2. The summed E-state index contributed by atoms with van der Waals surface area (Å²) in [4.78, 5) is 0. The fourth-order valence-electron chi connectivity index (χ4n) is 3.22. The molecular weight excluding hydrogens is 413 g/mol. The quantitative estimate of drug-likeness (QED) is 0.733. The van der Waals surface area contributed by atoms with Crippen molar-refractivity contribution in [2.75, 3.05) is 12.3 Å². The van der Waals surface area contributed by atoms with Gasteiger partial charge in [-0.1, -0.05) is 36.4 Å². The Bertz CT molecular complexity index is 925. The smallest absolute Gasteiger partial charge is 0.277 e. The molecule has 0 radical (unpaired) electrons. The molecule has 0 amide bonds. The molecule has 4 nitrogen and oxygen atoms in total. The van der Waals surface area contributed by atoms with E-state index in [9.17, 15) is 21.6 Å². The molecule has 0 saturated carbocycles. The van der Waals surface area contributed by atoms with Crippen molar-refractivity contribution in [3.05, 3.63) is 59.9 Å². The van der Waals surface area contributed by atoms with E-state index < -0.39 is 34.6 Å². The molecule has 2 N–H and O–H groups in total. The van der Waals surface area contributed by atoms with Crippen LogP contribution in [0.2, 0.25) is 0 Å². The van der Waals surface area contributed by atoms with E-state index >= 15 is 0 Å². The number of alkyl halides is 2. The average molecular weight is 435 g/mol. The van der Waals surface area contributed by atoms with Gasteiger partial charge in [-0.3, -0.25) is 0 Å². The predicted octanol–water partition coefficient (Wildman–Crippen LogP) is 3.37. The van der Waals surface area contributed by atoms with Crippen molar-refractivity contribution < 1.29 is 21.6 Å². The number of nitrogens with one attached hydrogen (secondary N) is 2. The van der Waals surface area contributed by atoms with Crippen molar-refractivity contribution in [2.24, 2.45) is 0 Å². The van der Waals surface area contributed by atoms with E-state index in [1.807, 2.05) is 6.07 Å². The summed E-state index contributed by atoms with van der Waals surface area (Å²) < 4.78 is 67.6. The van der Waals surface area contributed by atoms with E-state index in [0.29, 0.717) is 5.56 Å². The van der Waals surface area contributed by atoms with Gasteiger partial charge in [-0.25, -0.2) is 26.3 Å². The van der Waals surface area contributed by atoms with Crippen LogP contribution in [-0.2, 0) is 16.4 Å². The Hall–Kier alpha value is -1.61. The third-order valence-corrected chi connectivity index (χ3v) is 6.06. The van der Waals surface area contributed by atoms with Crippen LogP contribution in [0.15, 0.2) is 48.5 Å². The van der Waals surface area contributed by atoms with Gasteiger partial charge in [0.2, 0.25) is 10.0 Å². The Morgan fingerprint density at radius 2 is 1.79 bits per heavy atom. The first-order chi connectivity index (χ1) is 12.7. The maximum Gasteiger partial charge on any atom is 0.277 e. The van der Waals surface area contributed by atoms with E-state index in [-0.39, 0.29) is 30.4 Å². The van der Waals surface area contributed by atoms with E-state index in [1.165, 1.54) is 19.1 Å². The fraction of sp³-hybridized carbons (Fsp3) is 0.368. The third-order valence-electron chi connectivity index (χ3n) is 4.68. The maximum absolute atomic E-state index is 14.2. The van der Waals surface area contributed by atoms with Gasteiger partial charge in [0, 0.05) is 6.04 Å². The molecule has 2 aromatic carbocycles. The molecule has 0 bridgehead atoms. The minimum Gasteiger partial charge on any atom is -0.306 e. The molecule has 28 heavy (non-hydrogen) atoms. The van der Waals surface area contributed by atoms with Gasteiger partial charge < -0.3 is 5.32 Å². The van der Waals surface area contributed by atoms with E-state index in [1.54, 1.807) is 30.3 Å². The fourth-order valence-corrected chi connectivity index (χ4v) is 4.11. The topological polar surface area (TPSA) is 58.2 Å². The first-order valence-corrected chi connectivity index (χ1v) is 10.3. The largest absolute Gasteiger partial charge is 0.306 e. The lowest BCUT2D eigenvalue weighted by atomic mass is 9.96. The van der Waals surface area contributed by atoms with Crippen molar-refractivity contribution in [1.82, 2.24) is 10.0 Å². The number of sulfonamides is 1. The molecule has 1 aliphatic heterocycles. The minimum atomic E-state index is -3.77. The number of halogens is 4. The number of hydrogen-bond donors (Lipinski definition) is 2. The molecular formula is C19H22ClF3N2O2S. The maximum atomic E-state index is 14.2. The number of rotatable bonds is 6. The highest BCUT2D eigenvalue weighted by molar-refractivity contribution is 7.89. The molecule has 154 valence electrons. The lowest BCUT2D eigenvalue weighted by Gasteiger charge is -2.24. The normalized spacial score (nSPS) is 21.3. The third kappa shape index (κ3) is 5.26.